The maximum absolute atomic E-state index is 13.1. The van der Waals surface area contributed by atoms with Gasteiger partial charge in [-0.2, -0.15) is 0 Å². The molecule has 0 saturated heterocycles. The topological polar surface area (TPSA) is 263 Å². The Morgan fingerprint density at radius 3 is 1.91 bits per heavy atom. The fourth-order valence-electron chi connectivity index (χ4n) is 3.09. The molecular formula is C21H39N7O7. The van der Waals surface area contributed by atoms with Gasteiger partial charge in [-0.1, -0.05) is 20.3 Å². The van der Waals surface area contributed by atoms with Crippen LogP contribution < -0.4 is 38.9 Å². The molecule has 0 aromatic carbocycles. The Morgan fingerprint density at radius 1 is 0.829 bits per heavy atom. The number of rotatable bonds is 18. The summed E-state index contributed by atoms with van der Waals surface area (Å²) in [6, 6.07) is -4.86. The number of carbonyl (C=O) groups excluding carboxylic acids is 5. The smallest absolute Gasteiger partial charge is 0.326 e. The van der Waals surface area contributed by atoms with Gasteiger partial charge in [0.15, 0.2) is 0 Å². The highest BCUT2D eigenvalue weighted by Gasteiger charge is 2.33. The van der Waals surface area contributed by atoms with Crippen LogP contribution in [-0.2, 0) is 28.8 Å². The minimum atomic E-state index is -1.56. The molecule has 0 saturated carbocycles. The van der Waals surface area contributed by atoms with Crippen molar-refractivity contribution >= 4 is 35.5 Å². The van der Waals surface area contributed by atoms with Crippen molar-refractivity contribution in [1.82, 2.24) is 16.0 Å². The minimum Gasteiger partial charge on any atom is -0.480 e. The zero-order valence-electron chi connectivity index (χ0n) is 20.2. The Kier molecular flexibility index (Phi) is 14.9. The molecule has 0 aliphatic rings. The lowest BCUT2D eigenvalue weighted by molar-refractivity contribution is -0.144. The monoisotopic (exact) mass is 501 g/mol. The third kappa shape index (κ3) is 12.7. The fraction of sp³-hybridized carbons (Fsp3) is 0.714. The van der Waals surface area contributed by atoms with Gasteiger partial charge >= 0.3 is 5.97 Å². The summed E-state index contributed by atoms with van der Waals surface area (Å²) in [6.45, 7) is 3.82. The van der Waals surface area contributed by atoms with E-state index >= 15 is 0 Å². The lowest BCUT2D eigenvalue weighted by Gasteiger charge is -2.28. The summed E-state index contributed by atoms with van der Waals surface area (Å²) < 4.78 is 0. The molecule has 35 heavy (non-hydrogen) atoms. The molecule has 5 amide bonds. The maximum Gasteiger partial charge on any atom is 0.326 e. The highest BCUT2D eigenvalue weighted by atomic mass is 16.4. The second-order valence-electron chi connectivity index (χ2n) is 8.40. The van der Waals surface area contributed by atoms with E-state index < -0.39 is 72.0 Å². The van der Waals surface area contributed by atoms with E-state index in [1.807, 2.05) is 0 Å². The van der Waals surface area contributed by atoms with Crippen LogP contribution in [0, 0.1) is 5.92 Å². The molecule has 0 heterocycles. The largest absolute Gasteiger partial charge is 0.480 e. The van der Waals surface area contributed by atoms with Crippen molar-refractivity contribution in [2.75, 3.05) is 6.54 Å². The van der Waals surface area contributed by atoms with Gasteiger partial charge in [-0.05, 0) is 38.1 Å². The van der Waals surface area contributed by atoms with Gasteiger partial charge in [0, 0.05) is 6.42 Å². The molecule has 0 aromatic rings. The maximum atomic E-state index is 13.1. The summed E-state index contributed by atoms with van der Waals surface area (Å²) in [6.07, 6.45) is 0.988. The summed E-state index contributed by atoms with van der Waals surface area (Å²) in [5, 5.41) is 16.6. The summed E-state index contributed by atoms with van der Waals surface area (Å²) in [5.41, 5.74) is 21.4. The fourth-order valence-corrected chi connectivity index (χ4v) is 3.09. The summed E-state index contributed by atoms with van der Waals surface area (Å²) in [7, 11) is 0. The average molecular weight is 502 g/mol. The number of hydrogen-bond acceptors (Lipinski definition) is 8. The van der Waals surface area contributed by atoms with E-state index in [0.29, 0.717) is 25.8 Å². The Bertz CT molecular complexity index is 762. The van der Waals surface area contributed by atoms with Crippen LogP contribution in [0.15, 0.2) is 0 Å². The third-order valence-corrected chi connectivity index (χ3v) is 5.43. The molecule has 0 aromatic heterocycles. The first-order chi connectivity index (χ1) is 16.3. The molecular weight excluding hydrogens is 462 g/mol. The van der Waals surface area contributed by atoms with E-state index in [1.54, 1.807) is 13.8 Å². The molecule has 0 radical (unpaired) electrons. The number of nitrogens with two attached hydrogens (primary N) is 4. The van der Waals surface area contributed by atoms with Gasteiger partial charge in [0.1, 0.15) is 18.1 Å². The van der Waals surface area contributed by atoms with Crippen molar-refractivity contribution in [3.63, 3.8) is 0 Å². The number of aliphatic carboxylic acids is 1. The Labute approximate surface area is 204 Å². The van der Waals surface area contributed by atoms with E-state index in [9.17, 15) is 33.9 Å². The summed E-state index contributed by atoms with van der Waals surface area (Å²) >= 11 is 0. The second kappa shape index (κ2) is 16.4. The highest BCUT2D eigenvalue weighted by molar-refractivity contribution is 5.95. The van der Waals surface area contributed by atoms with Crippen LogP contribution >= 0.6 is 0 Å². The molecule has 12 N–H and O–H groups in total. The molecule has 0 bridgehead atoms. The summed E-state index contributed by atoms with van der Waals surface area (Å²) in [4.78, 5) is 71.8. The number of primary amides is 2. The molecule has 0 aliphatic carbocycles. The van der Waals surface area contributed by atoms with Gasteiger partial charge in [0.05, 0.1) is 12.5 Å². The average Bonchev–Trinajstić information content (AvgIpc) is 2.78. The van der Waals surface area contributed by atoms with E-state index in [4.69, 9.17) is 22.9 Å². The molecule has 0 fully saturated rings. The number of carboxylic acid groups (broad SMARTS) is 1. The number of hydrogen-bond donors (Lipinski definition) is 8. The Morgan fingerprint density at radius 2 is 1.43 bits per heavy atom. The first kappa shape index (κ1) is 31.7. The van der Waals surface area contributed by atoms with Crippen molar-refractivity contribution in [3.05, 3.63) is 0 Å². The van der Waals surface area contributed by atoms with Crippen LogP contribution in [-0.4, -0.2) is 71.3 Å². The van der Waals surface area contributed by atoms with Crippen LogP contribution in [0.2, 0.25) is 0 Å². The Hall–Kier alpha value is -3.26. The zero-order valence-corrected chi connectivity index (χ0v) is 20.2. The number of unbranched alkanes of at least 4 members (excludes halogenated alkanes) is 1. The second-order valence-corrected chi connectivity index (χ2v) is 8.40. The molecule has 0 spiro atoms. The van der Waals surface area contributed by atoms with Crippen LogP contribution in [0.3, 0.4) is 0 Å². The van der Waals surface area contributed by atoms with Crippen molar-refractivity contribution in [3.8, 4) is 0 Å². The Balaban J connectivity index is 5.56. The third-order valence-electron chi connectivity index (χ3n) is 5.43. The normalized spacial score (nSPS) is 15.1. The van der Waals surface area contributed by atoms with Crippen molar-refractivity contribution in [1.29, 1.82) is 0 Å². The van der Waals surface area contributed by atoms with Gasteiger partial charge in [0.2, 0.25) is 29.5 Å². The standard InChI is InChI=1S/C21H39N7O7/c1-3-11(2)17(20(33)27-14(21(34)35)10-16(25)30)28-19(32)13(6-4-5-9-22)26-18(31)12(23)7-8-15(24)29/h11-14,17H,3-10,22-23H2,1-2H3,(H2,24,29)(H2,25,30)(H,26,31)(H,27,33)(H,28,32)(H,34,35). The molecule has 5 atom stereocenters. The van der Waals surface area contributed by atoms with Crippen molar-refractivity contribution < 1.29 is 33.9 Å². The summed E-state index contributed by atoms with van der Waals surface area (Å²) in [5.74, 6) is -5.58. The van der Waals surface area contributed by atoms with E-state index in [2.05, 4.69) is 16.0 Å². The SMILES string of the molecule is CCC(C)C(NC(=O)C(CCCCN)NC(=O)C(N)CCC(N)=O)C(=O)NC(CC(N)=O)C(=O)O. The molecule has 5 unspecified atom stereocenters. The van der Waals surface area contributed by atoms with Gasteiger partial charge in [-0.15, -0.1) is 0 Å². The van der Waals surface area contributed by atoms with Crippen molar-refractivity contribution in [2.45, 2.75) is 83.0 Å². The van der Waals surface area contributed by atoms with Crippen LogP contribution in [0.25, 0.3) is 0 Å². The highest BCUT2D eigenvalue weighted by Crippen LogP contribution is 2.11. The van der Waals surface area contributed by atoms with E-state index in [-0.39, 0.29) is 19.3 Å². The molecule has 14 heteroatoms. The quantitative estimate of drug-likeness (QED) is 0.0898. The predicted molar refractivity (Wildman–Crippen MR) is 126 cm³/mol. The molecule has 14 nitrogen and oxygen atoms in total. The number of carboxylic acids is 1. The first-order valence-electron chi connectivity index (χ1n) is 11.5. The minimum absolute atomic E-state index is 0.00730. The lowest BCUT2D eigenvalue weighted by atomic mass is 9.96. The van der Waals surface area contributed by atoms with Gasteiger partial charge in [-0.3, -0.25) is 24.0 Å². The molecule has 0 rings (SSSR count). The lowest BCUT2D eigenvalue weighted by Crippen LogP contribution is -2.59. The zero-order chi connectivity index (χ0) is 27.1. The van der Waals surface area contributed by atoms with Gasteiger partial charge < -0.3 is 44.0 Å². The molecule has 0 aliphatic heterocycles. The van der Waals surface area contributed by atoms with Crippen LogP contribution in [0.5, 0.6) is 0 Å². The van der Waals surface area contributed by atoms with Gasteiger partial charge in [-0.25, -0.2) is 4.79 Å². The number of amides is 5. The predicted octanol–water partition coefficient (Wildman–Crippen LogP) is -2.83. The molecule has 200 valence electrons. The van der Waals surface area contributed by atoms with Crippen LogP contribution in [0.1, 0.15) is 58.8 Å². The van der Waals surface area contributed by atoms with E-state index in [1.165, 1.54) is 0 Å². The number of carbonyl (C=O) groups is 6. The first-order valence-corrected chi connectivity index (χ1v) is 11.5. The van der Waals surface area contributed by atoms with E-state index in [0.717, 1.165) is 0 Å². The van der Waals surface area contributed by atoms with Gasteiger partial charge in [0.25, 0.3) is 0 Å². The number of nitrogens with one attached hydrogen (secondary N) is 3. The van der Waals surface area contributed by atoms with Crippen LogP contribution in [0.4, 0.5) is 0 Å². The van der Waals surface area contributed by atoms with Crippen molar-refractivity contribution in [2.24, 2.45) is 28.9 Å².